The van der Waals surface area contributed by atoms with E-state index in [0.29, 0.717) is 4.47 Å². The number of nitro groups is 1. The molecule has 0 aliphatic heterocycles. The van der Waals surface area contributed by atoms with E-state index in [4.69, 9.17) is 9.84 Å². The van der Waals surface area contributed by atoms with Crippen molar-refractivity contribution in [2.75, 3.05) is 0 Å². The molecule has 0 fully saturated rings. The zero-order valence-corrected chi connectivity index (χ0v) is 12.5. The molecule has 0 saturated carbocycles. The minimum atomic E-state index is -1.17. The second-order valence-corrected chi connectivity index (χ2v) is 5.19. The van der Waals surface area contributed by atoms with Crippen LogP contribution in [0.15, 0.2) is 40.9 Å². The molecule has 108 valence electrons. The summed E-state index contributed by atoms with van der Waals surface area (Å²) >= 11 is 3.21. The first-order valence-corrected chi connectivity index (χ1v) is 6.63. The zero-order chi connectivity index (χ0) is 15.6. The number of carboxylic acids is 1. The number of carboxylic acid groups (broad SMARTS) is 1. The fourth-order valence-corrected chi connectivity index (χ4v) is 2.07. The highest BCUT2D eigenvalue weighted by Crippen LogP contribution is 2.35. The number of benzene rings is 2. The van der Waals surface area contributed by atoms with Crippen molar-refractivity contribution in [3.63, 3.8) is 0 Å². The predicted octanol–water partition coefficient (Wildman–Crippen LogP) is 4.16. The van der Waals surface area contributed by atoms with Crippen LogP contribution in [-0.4, -0.2) is 16.0 Å². The molecular formula is C14H10BrNO5. The minimum Gasteiger partial charge on any atom is -0.478 e. The third kappa shape index (κ3) is 3.38. The highest BCUT2D eigenvalue weighted by Gasteiger charge is 2.19. The number of carbonyl (C=O) groups is 1. The maximum atomic E-state index is 11.2. The van der Waals surface area contributed by atoms with E-state index in [1.807, 2.05) is 0 Å². The fraction of sp³-hybridized carbons (Fsp3) is 0.0714. The quantitative estimate of drug-likeness (QED) is 0.659. The summed E-state index contributed by atoms with van der Waals surface area (Å²) < 4.78 is 6.08. The second-order valence-electron chi connectivity index (χ2n) is 4.28. The SMILES string of the molecule is Cc1ccc([N+](=O)[O-])c(Oc2cc(Br)ccc2C(=O)O)c1. The molecule has 0 spiro atoms. The van der Waals surface area contributed by atoms with Crippen molar-refractivity contribution in [2.24, 2.45) is 0 Å². The number of ether oxygens (including phenoxy) is 1. The topological polar surface area (TPSA) is 89.7 Å². The van der Waals surface area contributed by atoms with E-state index in [9.17, 15) is 14.9 Å². The molecule has 0 radical (unpaired) electrons. The van der Waals surface area contributed by atoms with Crippen LogP contribution in [0.1, 0.15) is 15.9 Å². The summed E-state index contributed by atoms with van der Waals surface area (Å²) in [6.07, 6.45) is 0. The van der Waals surface area contributed by atoms with Crippen molar-refractivity contribution in [1.82, 2.24) is 0 Å². The average molecular weight is 352 g/mol. The zero-order valence-electron chi connectivity index (χ0n) is 10.9. The Labute approximate surface area is 128 Å². The lowest BCUT2D eigenvalue weighted by molar-refractivity contribution is -0.385. The van der Waals surface area contributed by atoms with E-state index in [1.165, 1.54) is 24.3 Å². The number of hydrogen-bond acceptors (Lipinski definition) is 4. The Morgan fingerprint density at radius 2 is 1.95 bits per heavy atom. The Morgan fingerprint density at radius 1 is 1.24 bits per heavy atom. The van der Waals surface area contributed by atoms with Gasteiger partial charge in [-0.25, -0.2) is 4.79 Å². The van der Waals surface area contributed by atoms with Gasteiger partial charge in [-0.2, -0.15) is 0 Å². The van der Waals surface area contributed by atoms with Gasteiger partial charge in [-0.05, 0) is 36.8 Å². The van der Waals surface area contributed by atoms with Crippen LogP contribution in [0.5, 0.6) is 11.5 Å². The lowest BCUT2D eigenvalue weighted by Gasteiger charge is -2.10. The summed E-state index contributed by atoms with van der Waals surface area (Å²) in [6, 6.07) is 8.78. The molecule has 2 aromatic carbocycles. The van der Waals surface area contributed by atoms with Crippen LogP contribution >= 0.6 is 15.9 Å². The van der Waals surface area contributed by atoms with E-state index in [0.717, 1.165) is 5.56 Å². The highest BCUT2D eigenvalue weighted by atomic mass is 79.9. The molecule has 21 heavy (non-hydrogen) atoms. The Hall–Kier alpha value is -2.41. The van der Waals surface area contributed by atoms with Gasteiger partial charge in [0.25, 0.3) is 0 Å². The summed E-state index contributed by atoms with van der Waals surface area (Å²) in [4.78, 5) is 21.6. The van der Waals surface area contributed by atoms with E-state index in [1.54, 1.807) is 19.1 Å². The Morgan fingerprint density at radius 3 is 2.57 bits per heavy atom. The molecule has 0 heterocycles. The number of rotatable bonds is 4. The van der Waals surface area contributed by atoms with Crippen LogP contribution in [0.2, 0.25) is 0 Å². The van der Waals surface area contributed by atoms with Gasteiger partial charge in [-0.15, -0.1) is 0 Å². The van der Waals surface area contributed by atoms with Crippen molar-refractivity contribution in [2.45, 2.75) is 6.92 Å². The Balaban J connectivity index is 2.52. The molecule has 0 bridgehead atoms. The van der Waals surface area contributed by atoms with Gasteiger partial charge in [0.05, 0.1) is 4.92 Å². The van der Waals surface area contributed by atoms with E-state index >= 15 is 0 Å². The fourth-order valence-electron chi connectivity index (χ4n) is 1.73. The molecule has 2 rings (SSSR count). The summed E-state index contributed by atoms with van der Waals surface area (Å²) in [5, 5.41) is 20.1. The van der Waals surface area contributed by atoms with Crippen molar-refractivity contribution in [3.8, 4) is 11.5 Å². The summed E-state index contributed by atoms with van der Waals surface area (Å²) in [5.41, 5.74) is 0.466. The Kier molecular flexibility index (Phi) is 4.23. The number of aryl methyl sites for hydroxylation is 1. The molecule has 2 aromatic rings. The predicted molar refractivity (Wildman–Crippen MR) is 79.0 cm³/mol. The lowest BCUT2D eigenvalue weighted by Crippen LogP contribution is -2.01. The van der Waals surface area contributed by atoms with Gasteiger partial charge in [0.1, 0.15) is 11.3 Å². The van der Waals surface area contributed by atoms with Gasteiger partial charge in [0.15, 0.2) is 0 Å². The summed E-state index contributed by atoms with van der Waals surface area (Å²) in [7, 11) is 0. The van der Waals surface area contributed by atoms with Crippen LogP contribution in [-0.2, 0) is 0 Å². The van der Waals surface area contributed by atoms with Crippen LogP contribution in [0.4, 0.5) is 5.69 Å². The second kappa shape index (κ2) is 5.92. The van der Waals surface area contributed by atoms with Crippen LogP contribution in [0.3, 0.4) is 0 Å². The van der Waals surface area contributed by atoms with Gasteiger partial charge < -0.3 is 9.84 Å². The first-order chi connectivity index (χ1) is 9.88. The van der Waals surface area contributed by atoms with E-state index < -0.39 is 10.9 Å². The molecule has 7 heteroatoms. The highest BCUT2D eigenvalue weighted by molar-refractivity contribution is 9.10. The van der Waals surface area contributed by atoms with Crippen LogP contribution < -0.4 is 4.74 Å². The molecule has 0 aromatic heterocycles. The monoisotopic (exact) mass is 351 g/mol. The molecule has 0 atom stereocenters. The maximum absolute atomic E-state index is 11.2. The van der Waals surface area contributed by atoms with Crippen molar-refractivity contribution in [1.29, 1.82) is 0 Å². The largest absolute Gasteiger partial charge is 0.478 e. The normalized spacial score (nSPS) is 10.2. The lowest BCUT2D eigenvalue weighted by atomic mass is 10.2. The molecule has 0 aliphatic carbocycles. The third-order valence-electron chi connectivity index (χ3n) is 2.71. The number of nitrogens with zero attached hydrogens (tertiary/aromatic N) is 1. The molecule has 0 amide bonds. The van der Waals surface area contributed by atoms with E-state index in [-0.39, 0.29) is 22.7 Å². The minimum absolute atomic E-state index is 0.000556. The van der Waals surface area contributed by atoms with Gasteiger partial charge in [0.2, 0.25) is 5.75 Å². The van der Waals surface area contributed by atoms with E-state index in [2.05, 4.69) is 15.9 Å². The first-order valence-electron chi connectivity index (χ1n) is 5.84. The molecule has 6 nitrogen and oxygen atoms in total. The number of nitro benzene ring substituents is 1. The smallest absolute Gasteiger partial charge is 0.339 e. The van der Waals surface area contributed by atoms with Crippen LogP contribution in [0.25, 0.3) is 0 Å². The molecular weight excluding hydrogens is 342 g/mol. The molecule has 1 N–H and O–H groups in total. The standard InChI is InChI=1S/C14H10BrNO5/c1-8-2-5-11(16(19)20)13(6-8)21-12-7-9(15)3-4-10(12)14(17)18/h2-7H,1H3,(H,17,18). The average Bonchev–Trinajstić information content (AvgIpc) is 2.38. The van der Waals surface area contributed by atoms with Gasteiger partial charge in [0, 0.05) is 10.5 Å². The van der Waals surface area contributed by atoms with Crippen LogP contribution in [0, 0.1) is 17.0 Å². The maximum Gasteiger partial charge on any atom is 0.339 e. The van der Waals surface area contributed by atoms with Crippen molar-refractivity contribution >= 4 is 27.6 Å². The number of aromatic carboxylic acids is 1. The van der Waals surface area contributed by atoms with Crippen molar-refractivity contribution < 1.29 is 19.6 Å². The van der Waals surface area contributed by atoms with Gasteiger partial charge in [-0.3, -0.25) is 10.1 Å². The molecule has 0 saturated heterocycles. The van der Waals surface area contributed by atoms with Crippen molar-refractivity contribution in [3.05, 3.63) is 62.1 Å². The summed E-state index contributed by atoms with van der Waals surface area (Å²) in [6.45, 7) is 1.76. The number of hydrogen-bond donors (Lipinski definition) is 1. The van der Waals surface area contributed by atoms with Gasteiger partial charge in [-0.1, -0.05) is 22.0 Å². The molecule has 0 unspecified atom stereocenters. The van der Waals surface area contributed by atoms with Gasteiger partial charge >= 0.3 is 11.7 Å². The first kappa shape index (κ1) is 15.0. The summed E-state index contributed by atoms with van der Waals surface area (Å²) in [5.74, 6) is -1.14. The Bertz CT molecular complexity index is 668. The molecule has 0 aliphatic rings. The number of halogens is 1. The third-order valence-corrected chi connectivity index (χ3v) is 3.20.